The Morgan fingerprint density at radius 1 is 1.12 bits per heavy atom. The molecule has 26 heavy (non-hydrogen) atoms. The molecule has 2 atom stereocenters. The van der Waals surface area contributed by atoms with Crippen LogP contribution in [0.25, 0.3) is 0 Å². The van der Waals surface area contributed by atoms with Crippen LogP contribution in [0.15, 0.2) is 4.99 Å². The average molecular weight is 389 g/mol. The van der Waals surface area contributed by atoms with Crippen LogP contribution in [0.2, 0.25) is 0 Å². The van der Waals surface area contributed by atoms with Gasteiger partial charge in [0.2, 0.25) is 10.0 Å². The van der Waals surface area contributed by atoms with Crippen LogP contribution in [0, 0.1) is 5.92 Å². The molecule has 0 amide bonds. The Bertz CT molecular complexity index is 537. The number of aliphatic imine (C=N–C) groups is 1. The zero-order valence-corrected chi connectivity index (χ0v) is 17.4. The molecule has 0 bridgehead atoms. The SMILES string of the molecule is CN=C(NCCCC1CCCC1)NCCS(=O)(=O)N1CC(C)OC(C)C1. The molecule has 152 valence electrons. The zero-order valence-electron chi connectivity index (χ0n) is 16.5. The van der Waals surface area contributed by atoms with Gasteiger partial charge in [-0.15, -0.1) is 0 Å². The van der Waals surface area contributed by atoms with Crippen molar-refractivity contribution in [2.24, 2.45) is 10.9 Å². The third-order valence-electron chi connectivity index (χ3n) is 5.21. The summed E-state index contributed by atoms with van der Waals surface area (Å²) < 4.78 is 32.2. The van der Waals surface area contributed by atoms with E-state index in [4.69, 9.17) is 4.74 Å². The number of morpholine rings is 1. The summed E-state index contributed by atoms with van der Waals surface area (Å²) in [5.41, 5.74) is 0. The Labute approximate surface area is 159 Å². The smallest absolute Gasteiger partial charge is 0.216 e. The molecule has 0 aromatic carbocycles. The molecule has 8 heteroatoms. The lowest BCUT2D eigenvalue weighted by Gasteiger charge is -2.34. The van der Waals surface area contributed by atoms with Crippen molar-refractivity contribution in [2.45, 2.75) is 64.6 Å². The first kappa shape index (κ1) is 21.4. The first-order valence-corrected chi connectivity index (χ1v) is 11.6. The van der Waals surface area contributed by atoms with E-state index in [1.807, 2.05) is 13.8 Å². The van der Waals surface area contributed by atoms with Gasteiger partial charge in [-0.1, -0.05) is 25.7 Å². The predicted molar refractivity (Wildman–Crippen MR) is 106 cm³/mol. The van der Waals surface area contributed by atoms with Crippen molar-refractivity contribution in [2.75, 3.05) is 39.0 Å². The average Bonchev–Trinajstić information content (AvgIpc) is 3.09. The van der Waals surface area contributed by atoms with E-state index < -0.39 is 10.0 Å². The third kappa shape index (κ3) is 7.04. The van der Waals surface area contributed by atoms with Gasteiger partial charge in [-0.25, -0.2) is 8.42 Å². The lowest BCUT2D eigenvalue weighted by Crippen LogP contribution is -2.50. The van der Waals surface area contributed by atoms with E-state index >= 15 is 0 Å². The topological polar surface area (TPSA) is 83.0 Å². The Hall–Kier alpha value is -0.860. The van der Waals surface area contributed by atoms with Gasteiger partial charge in [0, 0.05) is 33.2 Å². The van der Waals surface area contributed by atoms with Gasteiger partial charge in [0.05, 0.1) is 18.0 Å². The molecule has 2 rings (SSSR count). The number of ether oxygens (including phenoxy) is 1. The fourth-order valence-corrected chi connectivity index (χ4v) is 5.39. The molecule has 7 nitrogen and oxygen atoms in total. The number of rotatable bonds is 8. The lowest BCUT2D eigenvalue weighted by molar-refractivity contribution is -0.0440. The van der Waals surface area contributed by atoms with E-state index in [2.05, 4.69) is 15.6 Å². The van der Waals surface area contributed by atoms with Crippen molar-refractivity contribution in [1.29, 1.82) is 0 Å². The van der Waals surface area contributed by atoms with Crippen molar-refractivity contribution in [1.82, 2.24) is 14.9 Å². The van der Waals surface area contributed by atoms with E-state index in [1.165, 1.54) is 32.1 Å². The van der Waals surface area contributed by atoms with Gasteiger partial charge in [0.25, 0.3) is 0 Å². The van der Waals surface area contributed by atoms with Crippen molar-refractivity contribution >= 4 is 16.0 Å². The fraction of sp³-hybridized carbons (Fsp3) is 0.944. The number of nitrogens with zero attached hydrogens (tertiary/aromatic N) is 2. The quantitative estimate of drug-likeness (QED) is 0.375. The summed E-state index contributed by atoms with van der Waals surface area (Å²) in [5, 5.41) is 6.40. The number of nitrogens with one attached hydrogen (secondary N) is 2. The van der Waals surface area contributed by atoms with Crippen LogP contribution < -0.4 is 10.6 Å². The summed E-state index contributed by atoms with van der Waals surface area (Å²) in [4.78, 5) is 4.18. The molecule has 2 fully saturated rings. The second kappa shape index (κ2) is 10.5. The van der Waals surface area contributed by atoms with Gasteiger partial charge in [0.1, 0.15) is 0 Å². The second-order valence-electron chi connectivity index (χ2n) is 7.61. The van der Waals surface area contributed by atoms with Gasteiger partial charge < -0.3 is 15.4 Å². The van der Waals surface area contributed by atoms with Gasteiger partial charge in [-0.05, 0) is 32.6 Å². The lowest BCUT2D eigenvalue weighted by atomic mass is 10.0. The first-order valence-electron chi connectivity index (χ1n) is 9.98. The Kier molecular flexibility index (Phi) is 8.63. The molecular formula is C18H36N4O3S. The van der Waals surface area contributed by atoms with E-state index in [9.17, 15) is 8.42 Å². The van der Waals surface area contributed by atoms with E-state index in [0.717, 1.165) is 18.9 Å². The van der Waals surface area contributed by atoms with Crippen LogP contribution in [0.1, 0.15) is 52.4 Å². The van der Waals surface area contributed by atoms with Crippen LogP contribution in [0.5, 0.6) is 0 Å². The second-order valence-corrected chi connectivity index (χ2v) is 9.70. The van der Waals surface area contributed by atoms with Crippen molar-refractivity contribution in [3.8, 4) is 0 Å². The van der Waals surface area contributed by atoms with E-state index in [1.54, 1.807) is 11.4 Å². The highest BCUT2D eigenvalue weighted by Crippen LogP contribution is 2.28. The molecule has 1 saturated heterocycles. The summed E-state index contributed by atoms with van der Waals surface area (Å²) in [7, 11) is -1.57. The minimum Gasteiger partial charge on any atom is -0.373 e. The highest BCUT2D eigenvalue weighted by atomic mass is 32.2. The van der Waals surface area contributed by atoms with Gasteiger partial charge in [-0.2, -0.15) is 4.31 Å². The van der Waals surface area contributed by atoms with Gasteiger partial charge in [0.15, 0.2) is 5.96 Å². The molecule has 1 saturated carbocycles. The molecular weight excluding hydrogens is 352 g/mol. The van der Waals surface area contributed by atoms with Crippen LogP contribution in [0.4, 0.5) is 0 Å². The molecule has 0 spiro atoms. The highest BCUT2D eigenvalue weighted by Gasteiger charge is 2.30. The maximum Gasteiger partial charge on any atom is 0.216 e. The molecule has 0 aromatic heterocycles. The van der Waals surface area contributed by atoms with Crippen molar-refractivity contribution < 1.29 is 13.2 Å². The van der Waals surface area contributed by atoms with Gasteiger partial charge in [-0.3, -0.25) is 4.99 Å². The van der Waals surface area contributed by atoms with Crippen LogP contribution in [-0.2, 0) is 14.8 Å². The Morgan fingerprint density at radius 2 is 1.73 bits per heavy atom. The maximum atomic E-state index is 12.5. The molecule has 1 aliphatic heterocycles. The molecule has 1 heterocycles. The third-order valence-corrected chi connectivity index (χ3v) is 7.02. The number of guanidine groups is 1. The Morgan fingerprint density at radius 3 is 2.35 bits per heavy atom. The van der Waals surface area contributed by atoms with Crippen LogP contribution in [-0.4, -0.2) is 69.9 Å². The van der Waals surface area contributed by atoms with Crippen LogP contribution >= 0.6 is 0 Å². The van der Waals surface area contributed by atoms with Gasteiger partial charge >= 0.3 is 0 Å². The van der Waals surface area contributed by atoms with E-state index in [0.29, 0.717) is 25.6 Å². The minimum absolute atomic E-state index is 0.0595. The maximum absolute atomic E-state index is 12.5. The van der Waals surface area contributed by atoms with Crippen LogP contribution in [0.3, 0.4) is 0 Å². The summed E-state index contributed by atoms with van der Waals surface area (Å²) >= 11 is 0. The molecule has 2 unspecified atom stereocenters. The monoisotopic (exact) mass is 388 g/mol. The standard InChI is InChI=1S/C18H36N4O3S/c1-15-13-22(14-16(2)25-15)26(23,24)12-11-21-18(19-3)20-10-6-9-17-7-4-5-8-17/h15-17H,4-14H2,1-3H3,(H2,19,20,21). The van der Waals surface area contributed by atoms with Crippen molar-refractivity contribution in [3.05, 3.63) is 0 Å². The predicted octanol–water partition coefficient (Wildman–Crippen LogP) is 1.56. The summed E-state index contributed by atoms with van der Waals surface area (Å²) in [6, 6.07) is 0. The number of hydrogen-bond acceptors (Lipinski definition) is 4. The normalized spacial score (nSPS) is 26.2. The largest absolute Gasteiger partial charge is 0.373 e. The number of sulfonamides is 1. The molecule has 1 aliphatic carbocycles. The molecule has 0 aromatic rings. The molecule has 0 radical (unpaired) electrons. The van der Waals surface area contributed by atoms with E-state index in [-0.39, 0.29) is 18.0 Å². The minimum atomic E-state index is -3.28. The number of hydrogen-bond donors (Lipinski definition) is 2. The highest BCUT2D eigenvalue weighted by molar-refractivity contribution is 7.89. The fourth-order valence-electron chi connectivity index (χ4n) is 3.90. The summed E-state index contributed by atoms with van der Waals surface area (Å²) in [6.07, 6.45) is 7.81. The summed E-state index contributed by atoms with van der Waals surface area (Å²) in [6.45, 7) is 5.91. The zero-order chi connectivity index (χ0) is 19.0. The molecule has 2 N–H and O–H groups in total. The van der Waals surface area contributed by atoms with Crippen molar-refractivity contribution in [3.63, 3.8) is 0 Å². The first-order chi connectivity index (χ1) is 12.4. The Balaban J connectivity index is 1.65. The molecule has 2 aliphatic rings. The summed E-state index contributed by atoms with van der Waals surface area (Å²) in [5.74, 6) is 1.64.